The van der Waals surface area contributed by atoms with Crippen LogP contribution in [0.15, 0.2) is 28.7 Å². The number of carbonyl (C=O) groups excluding carboxylic acids is 1. The Kier molecular flexibility index (Phi) is 2.78. The summed E-state index contributed by atoms with van der Waals surface area (Å²) in [5, 5.41) is 0. The molecule has 0 amide bonds. The highest BCUT2D eigenvalue weighted by atomic mass is 16.6. The first kappa shape index (κ1) is 11.8. The third-order valence-corrected chi connectivity index (χ3v) is 3.09. The molecule has 1 aromatic heterocycles. The normalized spacial score (nSPS) is 13.4. The Bertz CT molecular complexity index is 640. The summed E-state index contributed by atoms with van der Waals surface area (Å²) >= 11 is 0. The van der Waals surface area contributed by atoms with Gasteiger partial charge < -0.3 is 13.9 Å². The summed E-state index contributed by atoms with van der Waals surface area (Å²) in [7, 11) is 0. The first-order valence-corrected chi connectivity index (χ1v) is 6.16. The number of carbonyl (C=O) groups is 1. The van der Waals surface area contributed by atoms with E-state index in [0.717, 1.165) is 5.76 Å². The van der Waals surface area contributed by atoms with Crippen LogP contribution in [-0.2, 0) is 0 Å². The Hall–Kier alpha value is -2.23. The first-order chi connectivity index (χ1) is 9.15. The molecule has 0 radical (unpaired) electrons. The summed E-state index contributed by atoms with van der Waals surface area (Å²) in [6.45, 7) is 4.67. The topological polar surface area (TPSA) is 48.7 Å². The van der Waals surface area contributed by atoms with Crippen LogP contribution in [0.4, 0.5) is 0 Å². The number of ketones is 1. The lowest BCUT2D eigenvalue weighted by molar-refractivity contribution is 0.103. The van der Waals surface area contributed by atoms with Crippen LogP contribution in [0.3, 0.4) is 0 Å². The van der Waals surface area contributed by atoms with Crippen LogP contribution in [-0.4, -0.2) is 19.0 Å². The lowest BCUT2D eigenvalue weighted by Crippen LogP contribution is -2.15. The Morgan fingerprint density at radius 1 is 1.05 bits per heavy atom. The minimum Gasteiger partial charge on any atom is -0.486 e. The zero-order chi connectivity index (χ0) is 13.4. The minimum atomic E-state index is -0.0636. The van der Waals surface area contributed by atoms with E-state index < -0.39 is 0 Å². The maximum Gasteiger partial charge on any atom is 0.196 e. The minimum absolute atomic E-state index is 0.0636. The van der Waals surface area contributed by atoms with Crippen molar-refractivity contribution < 1.29 is 18.7 Å². The molecule has 4 nitrogen and oxygen atoms in total. The summed E-state index contributed by atoms with van der Waals surface area (Å²) in [6.07, 6.45) is 0. The third kappa shape index (κ3) is 2.10. The van der Waals surface area contributed by atoms with Gasteiger partial charge in [0.05, 0.1) is 5.56 Å². The van der Waals surface area contributed by atoms with Gasteiger partial charge in [-0.05, 0) is 38.1 Å². The number of hydrogen-bond acceptors (Lipinski definition) is 4. The van der Waals surface area contributed by atoms with Crippen LogP contribution < -0.4 is 9.47 Å². The number of rotatable bonds is 2. The van der Waals surface area contributed by atoms with Crippen LogP contribution in [0, 0.1) is 13.8 Å². The first-order valence-electron chi connectivity index (χ1n) is 6.16. The largest absolute Gasteiger partial charge is 0.486 e. The lowest BCUT2D eigenvalue weighted by Gasteiger charge is -2.18. The van der Waals surface area contributed by atoms with Crippen LogP contribution in [0.25, 0.3) is 0 Å². The Balaban J connectivity index is 1.98. The standard InChI is InChI=1S/C15H14O4/c1-9-7-12(10(2)19-9)15(16)11-3-4-13-14(8-11)18-6-5-17-13/h3-4,7-8H,5-6H2,1-2H3. The van der Waals surface area contributed by atoms with Crippen molar-refractivity contribution >= 4 is 5.78 Å². The molecule has 0 atom stereocenters. The van der Waals surface area contributed by atoms with Crippen molar-refractivity contribution in [3.63, 3.8) is 0 Å². The SMILES string of the molecule is Cc1cc(C(=O)c2ccc3c(c2)OCCO3)c(C)o1. The van der Waals surface area contributed by atoms with Crippen molar-refractivity contribution in [1.29, 1.82) is 0 Å². The summed E-state index contributed by atoms with van der Waals surface area (Å²) in [6, 6.07) is 6.99. The predicted molar refractivity (Wildman–Crippen MR) is 69.0 cm³/mol. The summed E-state index contributed by atoms with van der Waals surface area (Å²) < 4.78 is 16.3. The molecular weight excluding hydrogens is 244 g/mol. The number of fused-ring (bicyclic) bond motifs is 1. The van der Waals surface area contributed by atoms with Gasteiger partial charge in [-0.2, -0.15) is 0 Å². The highest BCUT2D eigenvalue weighted by molar-refractivity contribution is 6.10. The Labute approximate surface area is 110 Å². The molecule has 0 saturated heterocycles. The van der Waals surface area contributed by atoms with Crippen molar-refractivity contribution in [3.8, 4) is 11.5 Å². The van der Waals surface area contributed by atoms with Gasteiger partial charge in [0.15, 0.2) is 17.3 Å². The fourth-order valence-electron chi connectivity index (χ4n) is 2.20. The predicted octanol–water partition coefficient (Wildman–Crippen LogP) is 2.90. The molecule has 2 aromatic rings. The Morgan fingerprint density at radius 3 is 2.47 bits per heavy atom. The lowest BCUT2D eigenvalue weighted by atomic mass is 10.0. The molecule has 0 unspecified atom stereocenters. The van der Waals surface area contributed by atoms with Crippen LogP contribution in [0.2, 0.25) is 0 Å². The smallest absolute Gasteiger partial charge is 0.196 e. The molecule has 0 saturated carbocycles. The fourth-order valence-corrected chi connectivity index (χ4v) is 2.20. The summed E-state index contributed by atoms with van der Waals surface area (Å²) in [5.74, 6) is 2.61. The average molecular weight is 258 g/mol. The molecule has 0 bridgehead atoms. The number of hydrogen-bond donors (Lipinski definition) is 0. The molecule has 1 aliphatic rings. The van der Waals surface area contributed by atoms with E-state index in [1.165, 1.54) is 0 Å². The van der Waals surface area contributed by atoms with Crippen LogP contribution in [0.1, 0.15) is 27.4 Å². The molecule has 98 valence electrons. The molecule has 0 spiro atoms. The molecule has 4 heteroatoms. The highest BCUT2D eigenvalue weighted by Crippen LogP contribution is 2.31. The molecule has 2 heterocycles. The van der Waals surface area contributed by atoms with E-state index in [0.29, 0.717) is 41.6 Å². The van der Waals surface area contributed by atoms with Gasteiger partial charge in [0.25, 0.3) is 0 Å². The van der Waals surface area contributed by atoms with Gasteiger partial charge in [0.2, 0.25) is 0 Å². The van der Waals surface area contributed by atoms with E-state index in [4.69, 9.17) is 13.9 Å². The molecule has 19 heavy (non-hydrogen) atoms. The Morgan fingerprint density at radius 2 is 1.79 bits per heavy atom. The van der Waals surface area contributed by atoms with Crippen molar-refractivity contribution in [3.05, 3.63) is 46.9 Å². The zero-order valence-electron chi connectivity index (χ0n) is 10.9. The van der Waals surface area contributed by atoms with Crippen LogP contribution >= 0.6 is 0 Å². The molecule has 0 N–H and O–H groups in total. The number of furan rings is 1. The van der Waals surface area contributed by atoms with Crippen LogP contribution in [0.5, 0.6) is 11.5 Å². The quantitative estimate of drug-likeness (QED) is 0.777. The molecule has 0 fully saturated rings. The zero-order valence-corrected chi connectivity index (χ0v) is 10.9. The van der Waals surface area contributed by atoms with Crippen molar-refractivity contribution in [1.82, 2.24) is 0 Å². The van der Waals surface area contributed by atoms with E-state index in [1.54, 1.807) is 31.2 Å². The third-order valence-electron chi connectivity index (χ3n) is 3.09. The highest BCUT2D eigenvalue weighted by Gasteiger charge is 2.19. The number of ether oxygens (including phenoxy) is 2. The number of aryl methyl sites for hydroxylation is 2. The second-order valence-corrected chi connectivity index (χ2v) is 4.51. The average Bonchev–Trinajstić information content (AvgIpc) is 2.76. The van der Waals surface area contributed by atoms with Gasteiger partial charge in [-0.1, -0.05) is 0 Å². The second kappa shape index (κ2) is 4.46. The summed E-state index contributed by atoms with van der Waals surface area (Å²) in [4.78, 5) is 12.4. The van der Waals surface area contributed by atoms with Gasteiger partial charge in [0, 0.05) is 5.56 Å². The molecule has 0 aliphatic carbocycles. The molecular formula is C15H14O4. The second-order valence-electron chi connectivity index (χ2n) is 4.51. The van der Waals surface area contributed by atoms with Crippen molar-refractivity contribution in [2.45, 2.75) is 13.8 Å². The van der Waals surface area contributed by atoms with Gasteiger partial charge in [-0.3, -0.25) is 4.79 Å². The van der Waals surface area contributed by atoms with E-state index in [9.17, 15) is 4.79 Å². The molecule has 1 aromatic carbocycles. The monoisotopic (exact) mass is 258 g/mol. The van der Waals surface area contributed by atoms with Gasteiger partial charge >= 0.3 is 0 Å². The van der Waals surface area contributed by atoms with E-state index in [-0.39, 0.29) is 5.78 Å². The van der Waals surface area contributed by atoms with E-state index in [1.807, 2.05) is 6.92 Å². The maximum absolute atomic E-state index is 12.4. The number of benzene rings is 1. The van der Waals surface area contributed by atoms with Crippen molar-refractivity contribution in [2.24, 2.45) is 0 Å². The van der Waals surface area contributed by atoms with Gasteiger partial charge in [0.1, 0.15) is 24.7 Å². The fraction of sp³-hybridized carbons (Fsp3) is 0.267. The molecule has 1 aliphatic heterocycles. The summed E-state index contributed by atoms with van der Waals surface area (Å²) in [5.41, 5.74) is 1.17. The molecule has 3 rings (SSSR count). The van der Waals surface area contributed by atoms with Gasteiger partial charge in [-0.25, -0.2) is 0 Å². The van der Waals surface area contributed by atoms with Gasteiger partial charge in [-0.15, -0.1) is 0 Å². The maximum atomic E-state index is 12.4. The van der Waals surface area contributed by atoms with E-state index in [2.05, 4.69) is 0 Å². The van der Waals surface area contributed by atoms with E-state index >= 15 is 0 Å². The van der Waals surface area contributed by atoms with Crippen molar-refractivity contribution in [2.75, 3.05) is 13.2 Å².